The van der Waals surface area contributed by atoms with E-state index >= 15 is 0 Å². The van der Waals surface area contributed by atoms with Gasteiger partial charge in [-0.25, -0.2) is 0 Å². The van der Waals surface area contributed by atoms with Gasteiger partial charge in [-0.3, -0.25) is 0 Å². The Morgan fingerprint density at radius 1 is 1.00 bits per heavy atom. The van der Waals surface area contributed by atoms with Gasteiger partial charge in [0.1, 0.15) is 0 Å². The van der Waals surface area contributed by atoms with E-state index in [1.807, 2.05) is 0 Å². The van der Waals surface area contributed by atoms with Gasteiger partial charge in [-0.15, -0.1) is 10.2 Å². The summed E-state index contributed by atoms with van der Waals surface area (Å²) >= 11 is 0. The Bertz CT molecular complexity index is 419. The highest BCUT2D eigenvalue weighted by molar-refractivity contribution is 5.99. The zero-order chi connectivity index (χ0) is 10.9. The van der Waals surface area contributed by atoms with E-state index in [0.717, 1.165) is 12.1 Å². The van der Waals surface area contributed by atoms with Crippen molar-refractivity contribution in [3.05, 3.63) is 35.4 Å². The molecule has 1 aromatic rings. The molecule has 1 aromatic carbocycles. The maximum Gasteiger partial charge on any atom is 0.416 e. The van der Waals surface area contributed by atoms with Crippen molar-refractivity contribution in [2.45, 2.75) is 6.18 Å². The number of halogens is 3. The summed E-state index contributed by atoms with van der Waals surface area (Å²) in [5.74, 6) is 0.212. The summed E-state index contributed by atoms with van der Waals surface area (Å²) in [4.78, 5) is 0. The normalized spacial score (nSPS) is 15.0. The van der Waals surface area contributed by atoms with E-state index in [2.05, 4.69) is 21.0 Å². The molecule has 2 rings (SSSR count). The van der Waals surface area contributed by atoms with Crippen molar-refractivity contribution >= 4 is 5.84 Å². The Kier molecular flexibility index (Phi) is 2.14. The molecule has 0 saturated heterocycles. The van der Waals surface area contributed by atoms with Crippen molar-refractivity contribution in [3.8, 4) is 0 Å². The van der Waals surface area contributed by atoms with Crippen LogP contribution in [0.2, 0.25) is 0 Å². The minimum atomic E-state index is -4.33. The van der Waals surface area contributed by atoms with Gasteiger partial charge < -0.3 is 0 Å². The van der Waals surface area contributed by atoms with E-state index in [9.17, 15) is 13.2 Å². The van der Waals surface area contributed by atoms with Crippen molar-refractivity contribution < 1.29 is 13.2 Å². The summed E-state index contributed by atoms with van der Waals surface area (Å²) in [6.07, 6.45) is -4.33. The molecule has 1 radical (unpaired) electrons. The number of alkyl halides is 3. The molecule has 77 valence electrons. The average molecular weight is 213 g/mol. The molecule has 0 bridgehead atoms. The first kappa shape index (κ1) is 9.63. The van der Waals surface area contributed by atoms with Crippen LogP contribution in [0.4, 0.5) is 13.2 Å². The summed E-state index contributed by atoms with van der Waals surface area (Å²) < 4.78 is 36.6. The van der Waals surface area contributed by atoms with E-state index in [4.69, 9.17) is 0 Å². The van der Waals surface area contributed by atoms with E-state index in [1.54, 1.807) is 0 Å². The van der Waals surface area contributed by atoms with Gasteiger partial charge in [-0.1, -0.05) is 12.1 Å². The Balaban J connectivity index is 2.28. The average Bonchev–Trinajstić information content (AvgIpc) is 2.69. The van der Waals surface area contributed by atoms with Crippen LogP contribution in [0.15, 0.2) is 39.7 Å². The maximum atomic E-state index is 12.2. The van der Waals surface area contributed by atoms with Crippen LogP contribution in [0.3, 0.4) is 0 Å². The van der Waals surface area contributed by atoms with E-state index in [1.165, 1.54) is 12.1 Å². The second-order valence-electron chi connectivity index (χ2n) is 2.78. The number of nitrogens with zero attached hydrogens (tertiary/aromatic N) is 4. The number of benzene rings is 1. The number of hydrogen-bond donors (Lipinski definition) is 0. The fraction of sp³-hybridized carbons (Fsp3) is 0.125. The molecular formula is C8H4F3N4. The molecule has 0 aromatic heterocycles. The van der Waals surface area contributed by atoms with Gasteiger partial charge in [0.05, 0.1) is 5.56 Å². The molecule has 0 unspecified atom stereocenters. The first-order valence-corrected chi connectivity index (χ1v) is 3.94. The van der Waals surface area contributed by atoms with Crippen molar-refractivity contribution in [1.29, 1.82) is 0 Å². The van der Waals surface area contributed by atoms with Crippen molar-refractivity contribution in [2.75, 3.05) is 0 Å². The minimum absolute atomic E-state index is 0.212. The Labute approximate surface area is 82.5 Å². The maximum absolute atomic E-state index is 12.2. The van der Waals surface area contributed by atoms with Gasteiger partial charge in [-0.2, -0.15) is 13.2 Å². The lowest BCUT2D eigenvalue weighted by Crippen LogP contribution is -2.05. The van der Waals surface area contributed by atoms with Gasteiger partial charge in [-0.05, 0) is 22.9 Å². The topological polar surface area (TPSA) is 51.2 Å². The molecule has 15 heavy (non-hydrogen) atoms. The molecule has 1 aliphatic heterocycles. The third-order valence-electron chi connectivity index (χ3n) is 1.79. The van der Waals surface area contributed by atoms with Crippen molar-refractivity contribution in [1.82, 2.24) is 5.53 Å². The second-order valence-corrected chi connectivity index (χ2v) is 2.78. The Morgan fingerprint density at radius 2 is 1.67 bits per heavy atom. The third-order valence-corrected chi connectivity index (χ3v) is 1.79. The molecule has 0 saturated carbocycles. The van der Waals surface area contributed by atoms with Gasteiger partial charge in [0, 0.05) is 5.56 Å². The zero-order valence-corrected chi connectivity index (χ0v) is 7.23. The van der Waals surface area contributed by atoms with Gasteiger partial charge in [0.2, 0.25) is 5.84 Å². The molecule has 0 amide bonds. The molecule has 1 heterocycles. The van der Waals surface area contributed by atoms with E-state index in [-0.39, 0.29) is 5.84 Å². The summed E-state index contributed by atoms with van der Waals surface area (Å²) in [6.45, 7) is 0. The molecule has 0 aliphatic carbocycles. The van der Waals surface area contributed by atoms with Crippen LogP contribution in [0.5, 0.6) is 0 Å². The lowest BCUT2D eigenvalue weighted by Gasteiger charge is -2.05. The van der Waals surface area contributed by atoms with Crippen LogP contribution < -0.4 is 5.53 Å². The lowest BCUT2D eigenvalue weighted by atomic mass is 10.1. The lowest BCUT2D eigenvalue weighted by molar-refractivity contribution is -0.137. The van der Waals surface area contributed by atoms with Crippen LogP contribution in [0.1, 0.15) is 11.1 Å². The van der Waals surface area contributed by atoms with E-state index in [0.29, 0.717) is 5.56 Å². The molecule has 0 atom stereocenters. The summed E-state index contributed by atoms with van der Waals surface area (Å²) in [5, 5.41) is 10.3. The molecule has 1 aliphatic rings. The monoisotopic (exact) mass is 213 g/mol. The molecule has 0 N–H and O–H groups in total. The zero-order valence-electron chi connectivity index (χ0n) is 7.23. The fourth-order valence-corrected chi connectivity index (χ4v) is 1.07. The molecule has 0 spiro atoms. The molecule has 0 fully saturated rings. The highest BCUT2D eigenvalue weighted by atomic mass is 19.4. The Hall–Kier alpha value is -1.92. The summed E-state index contributed by atoms with van der Waals surface area (Å²) in [5.41, 5.74) is 2.98. The van der Waals surface area contributed by atoms with Gasteiger partial charge in [0.15, 0.2) is 0 Å². The first-order valence-electron chi connectivity index (χ1n) is 3.94. The van der Waals surface area contributed by atoms with E-state index < -0.39 is 11.7 Å². The van der Waals surface area contributed by atoms with Crippen molar-refractivity contribution in [2.24, 2.45) is 15.4 Å². The van der Waals surface area contributed by atoms with Crippen molar-refractivity contribution in [3.63, 3.8) is 0 Å². The molecule has 4 nitrogen and oxygen atoms in total. The van der Waals surface area contributed by atoms with Crippen LogP contribution >= 0.6 is 0 Å². The van der Waals surface area contributed by atoms with Crippen LogP contribution in [0.25, 0.3) is 0 Å². The van der Waals surface area contributed by atoms with Crippen LogP contribution in [-0.2, 0) is 6.18 Å². The van der Waals surface area contributed by atoms with Crippen LogP contribution in [0, 0.1) is 0 Å². The number of hydrogen-bond acceptors (Lipinski definition) is 3. The third kappa shape index (κ3) is 1.95. The predicted octanol–water partition coefficient (Wildman–Crippen LogP) is 2.35. The van der Waals surface area contributed by atoms with Gasteiger partial charge >= 0.3 is 6.18 Å². The second kappa shape index (κ2) is 3.34. The summed E-state index contributed by atoms with van der Waals surface area (Å²) in [7, 11) is 0. The SMILES string of the molecule is FC(F)(F)c1ccc(C2=N[N]N=N2)cc1. The largest absolute Gasteiger partial charge is 0.416 e. The molecular weight excluding hydrogens is 209 g/mol. The minimum Gasteiger partial charge on any atom is -0.166 e. The highest BCUT2D eigenvalue weighted by Crippen LogP contribution is 2.29. The predicted molar refractivity (Wildman–Crippen MR) is 45.0 cm³/mol. The Morgan fingerprint density at radius 3 is 2.13 bits per heavy atom. The quantitative estimate of drug-likeness (QED) is 0.687. The standard InChI is InChI=1S/C8H4F3N4/c9-8(10,11)6-3-1-5(2-4-6)7-12-14-15-13-7/h1-4H. The highest BCUT2D eigenvalue weighted by Gasteiger charge is 2.30. The van der Waals surface area contributed by atoms with Gasteiger partial charge in [0.25, 0.3) is 0 Å². The van der Waals surface area contributed by atoms with Crippen LogP contribution in [-0.4, -0.2) is 5.84 Å². The number of amidine groups is 1. The first-order chi connectivity index (χ1) is 7.07. The smallest absolute Gasteiger partial charge is 0.166 e. The molecule has 7 heteroatoms. The summed E-state index contributed by atoms with van der Waals surface area (Å²) in [6, 6.07) is 4.49. The number of rotatable bonds is 1. The fourth-order valence-electron chi connectivity index (χ4n) is 1.07.